The van der Waals surface area contributed by atoms with Crippen LogP contribution in [0.2, 0.25) is 0 Å². The average molecular weight is 377 g/mol. The Bertz CT molecular complexity index is 939. The lowest BCUT2D eigenvalue weighted by molar-refractivity contribution is 0.0584. The van der Waals surface area contributed by atoms with Crippen LogP contribution in [-0.4, -0.2) is 77.8 Å². The van der Waals surface area contributed by atoms with Gasteiger partial charge in [-0.25, -0.2) is 0 Å². The van der Waals surface area contributed by atoms with Crippen molar-refractivity contribution in [2.45, 2.75) is 18.9 Å². The molecule has 0 aliphatic carbocycles. The summed E-state index contributed by atoms with van der Waals surface area (Å²) in [6.45, 7) is 1.37. The first-order valence-corrected chi connectivity index (χ1v) is 10.2. The number of aromatic nitrogens is 2. The Kier molecular flexibility index (Phi) is 4.25. The van der Waals surface area contributed by atoms with Crippen LogP contribution in [0, 0.1) is 5.92 Å². The summed E-state index contributed by atoms with van der Waals surface area (Å²) in [5.74, 6) is 0.0267. The van der Waals surface area contributed by atoms with Crippen LogP contribution < -0.4 is 0 Å². The van der Waals surface area contributed by atoms with Crippen molar-refractivity contribution < 1.29 is 13.2 Å². The third-order valence-electron chi connectivity index (χ3n) is 5.40. The topological polar surface area (TPSA) is 89.6 Å². The number of fused-ring (bicyclic) bond motifs is 5. The molecule has 2 bridgehead atoms. The van der Waals surface area contributed by atoms with Crippen molar-refractivity contribution in [3.63, 3.8) is 0 Å². The Balaban J connectivity index is 1.64. The molecular weight excluding hydrogens is 354 g/mol. The van der Waals surface area contributed by atoms with Gasteiger partial charge in [-0.3, -0.25) is 9.89 Å². The molecule has 0 spiro atoms. The summed E-state index contributed by atoms with van der Waals surface area (Å²) in [4.78, 5) is 15.0. The summed E-state index contributed by atoms with van der Waals surface area (Å²) in [5, 5.41) is 7.93. The number of benzene rings is 1. The van der Waals surface area contributed by atoms with Crippen molar-refractivity contribution in [3.8, 4) is 0 Å². The first kappa shape index (κ1) is 17.4. The molecule has 1 N–H and O–H groups in total. The van der Waals surface area contributed by atoms with Gasteiger partial charge in [0.25, 0.3) is 16.1 Å². The van der Waals surface area contributed by atoms with Gasteiger partial charge in [-0.05, 0) is 24.8 Å². The van der Waals surface area contributed by atoms with E-state index in [9.17, 15) is 13.2 Å². The Morgan fingerprint density at radius 1 is 1.19 bits per heavy atom. The molecule has 3 aliphatic rings. The van der Waals surface area contributed by atoms with Gasteiger partial charge in [0.2, 0.25) is 0 Å². The highest BCUT2D eigenvalue weighted by Gasteiger charge is 2.42. The summed E-state index contributed by atoms with van der Waals surface area (Å²) in [6, 6.07) is 7.43. The molecule has 3 saturated heterocycles. The monoisotopic (exact) mass is 377 g/mol. The number of rotatable bonds is 3. The zero-order chi connectivity index (χ0) is 18.5. The summed E-state index contributed by atoms with van der Waals surface area (Å²) in [6.07, 6.45) is 1.76. The second-order valence-electron chi connectivity index (χ2n) is 7.28. The van der Waals surface area contributed by atoms with Crippen molar-refractivity contribution in [1.29, 1.82) is 0 Å². The summed E-state index contributed by atoms with van der Waals surface area (Å²) in [5.41, 5.74) is 1.24. The molecule has 1 aromatic heterocycles. The molecule has 3 fully saturated rings. The molecule has 0 saturated carbocycles. The molecule has 5 rings (SSSR count). The number of carbonyl (C=O) groups is 1. The minimum atomic E-state index is -3.48. The minimum Gasteiger partial charge on any atom is -0.333 e. The standard InChI is InChI=1S/C17H23N5O3S/c1-20(2)26(24,25)21-9-12-7-8-13(11-21)22(10-12)17(23)16-14-5-3-4-6-15(14)18-19-16/h3-6,12-13H,7-11H2,1-2H3,(H,18,19)/t12-,13+/m0/s1. The predicted molar refractivity (Wildman–Crippen MR) is 97.8 cm³/mol. The number of nitrogens with one attached hydrogen (secondary N) is 1. The van der Waals surface area contributed by atoms with Gasteiger partial charge in [-0.1, -0.05) is 18.2 Å². The molecule has 140 valence electrons. The lowest BCUT2D eigenvalue weighted by Crippen LogP contribution is -2.48. The first-order valence-electron chi connectivity index (χ1n) is 8.79. The lowest BCUT2D eigenvalue weighted by atomic mass is 9.94. The number of amides is 1. The van der Waals surface area contributed by atoms with E-state index in [0.29, 0.717) is 25.3 Å². The van der Waals surface area contributed by atoms with E-state index in [1.807, 2.05) is 29.2 Å². The fourth-order valence-electron chi connectivity index (χ4n) is 3.97. The third kappa shape index (κ3) is 2.80. The van der Waals surface area contributed by atoms with E-state index in [0.717, 1.165) is 23.7 Å². The number of nitrogens with zero attached hydrogens (tertiary/aromatic N) is 4. The Hall–Kier alpha value is -1.97. The molecule has 9 heteroatoms. The molecule has 0 unspecified atom stereocenters. The highest BCUT2D eigenvalue weighted by molar-refractivity contribution is 7.86. The van der Waals surface area contributed by atoms with E-state index >= 15 is 0 Å². The maximum absolute atomic E-state index is 13.2. The van der Waals surface area contributed by atoms with E-state index in [2.05, 4.69) is 10.2 Å². The highest BCUT2D eigenvalue weighted by atomic mass is 32.2. The smallest absolute Gasteiger partial charge is 0.281 e. The normalized spacial score (nSPS) is 24.3. The van der Waals surface area contributed by atoms with Crippen LogP contribution in [0.25, 0.3) is 10.9 Å². The number of H-pyrrole nitrogens is 1. The van der Waals surface area contributed by atoms with Gasteiger partial charge in [-0.15, -0.1) is 0 Å². The summed E-state index contributed by atoms with van der Waals surface area (Å²) in [7, 11) is -0.395. The molecule has 8 nitrogen and oxygen atoms in total. The van der Waals surface area contributed by atoms with Crippen LogP contribution in [0.3, 0.4) is 0 Å². The SMILES string of the molecule is CN(C)S(=O)(=O)N1C[C@@H]2CC[C@H](C1)N(C(=O)c1n[nH]c3ccccc13)C2. The van der Waals surface area contributed by atoms with Crippen molar-refractivity contribution in [2.24, 2.45) is 5.92 Å². The van der Waals surface area contributed by atoms with Crippen LogP contribution in [0.5, 0.6) is 0 Å². The van der Waals surface area contributed by atoms with Gasteiger partial charge in [0.05, 0.1) is 5.52 Å². The lowest BCUT2D eigenvalue weighted by Gasteiger charge is -2.35. The number of piperidine rings is 1. The first-order chi connectivity index (χ1) is 12.4. The number of carbonyl (C=O) groups excluding carboxylic acids is 1. The number of para-hydroxylation sites is 1. The fraction of sp³-hybridized carbons (Fsp3) is 0.529. The van der Waals surface area contributed by atoms with Gasteiger partial charge in [-0.2, -0.15) is 22.1 Å². The second kappa shape index (κ2) is 6.33. The Labute approximate surface area is 152 Å². The Morgan fingerprint density at radius 3 is 2.73 bits per heavy atom. The van der Waals surface area contributed by atoms with E-state index in [4.69, 9.17) is 0 Å². The molecule has 2 atom stereocenters. The van der Waals surface area contributed by atoms with Gasteiger partial charge in [0, 0.05) is 45.2 Å². The van der Waals surface area contributed by atoms with Crippen LogP contribution in [0.1, 0.15) is 23.3 Å². The van der Waals surface area contributed by atoms with Crippen LogP contribution in [-0.2, 0) is 10.2 Å². The van der Waals surface area contributed by atoms with Gasteiger partial charge >= 0.3 is 0 Å². The zero-order valence-electron chi connectivity index (χ0n) is 14.9. The van der Waals surface area contributed by atoms with Gasteiger partial charge < -0.3 is 4.90 Å². The van der Waals surface area contributed by atoms with Crippen LogP contribution >= 0.6 is 0 Å². The molecule has 0 radical (unpaired) electrons. The van der Waals surface area contributed by atoms with E-state index < -0.39 is 10.2 Å². The van der Waals surface area contributed by atoms with Crippen LogP contribution in [0.4, 0.5) is 0 Å². The van der Waals surface area contributed by atoms with Gasteiger partial charge in [0.15, 0.2) is 5.69 Å². The largest absolute Gasteiger partial charge is 0.333 e. The molecule has 2 aromatic rings. The van der Waals surface area contributed by atoms with Crippen LogP contribution in [0.15, 0.2) is 24.3 Å². The zero-order valence-corrected chi connectivity index (χ0v) is 15.7. The summed E-state index contributed by atoms with van der Waals surface area (Å²) >= 11 is 0. The third-order valence-corrected chi connectivity index (χ3v) is 7.28. The number of aromatic amines is 1. The maximum Gasteiger partial charge on any atom is 0.281 e. The van der Waals surface area contributed by atoms with Gasteiger partial charge in [0.1, 0.15) is 0 Å². The highest BCUT2D eigenvalue weighted by Crippen LogP contribution is 2.31. The molecule has 3 aliphatic heterocycles. The fourth-order valence-corrected chi connectivity index (χ4v) is 5.19. The average Bonchev–Trinajstić information content (AvgIpc) is 2.82. The molecule has 1 aromatic carbocycles. The molecule has 4 heterocycles. The minimum absolute atomic E-state index is 0.119. The van der Waals surface area contributed by atoms with Crippen molar-refractivity contribution in [2.75, 3.05) is 33.7 Å². The van der Waals surface area contributed by atoms with E-state index in [1.54, 1.807) is 14.1 Å². The second-order valence-corrected chi connectivity index (χ2v) is 9.42. The number of hydrogen-bond donors (Lipinski definition) is 1. The van der Waals surface area contributed by atoms with Crippen molar-refractivity contribution in [1.82, 2.24) is 23.7 Å². The van der Waals surface area contributed by atoms with E-state index in [-0.39, 0.29) is 17.9 Å². The van der Waals surface area contributed by atoms with E-state index in [1.165, 1.54) is 8.61 Å². The molecular formula is C17H23N5O3S. The quantitative estimate of drug-likeness (QED) is 0.861. The maximum atomic E-state index is 13.2. The molecule has 1 amide bonds. The Morgan fingerprint density at radius 2 is 1.96 bits per heavy atom. The summed E-state index contributed by atoms with van der Waals surface area (Å²) < 4.78 is 27.9. The van der Waals surface area contributed by atoms with Crippen molar-refractivity contribution in [3.05, 3.63) is 30.0 Å². The van der Waals surface area contributed by atoms with Crippen molar-refractivity contribution >= 4 is 27.0 Å². The predicted octanol–water partition coefficient (Wildman–Crippen LogP) is 0.906. The molecule has 26 heavy (non-hydrogen) atoms. The number of hydrogen-bond acceptors (Lipinski definition) is 4.